The number of rotatable bonds is 7. The highest BCUT2D eigenvalue weighted by molar-refractivity contribution is 7.89. The molecule has 7 nitrogen and oxygen atoms in total. The second kappa shape index (κ2) is 9.72. The van der Waals surface area contributed by atoms with Gasteiger partial charge >= 0.3 is 0 Å². The Labute approximate surface area is 180 Å². The summed E-state index contributed by atoms with van der Waals surface area (Å²) in [6, 6.07) is 8.68. The molecule has 0 saturated carbocycles. The molecular formula is C20H23ClFN3O4S. The van der Waals surface area contributed by atoms with Gasteiger partial charge in [0, 0.05) is 25.2 Å². The van der Waals surface area contributed by atoms with E-state index < -0.39 is 15.8 Å². The molecule has 2 aromatic rings. The molecule has 0 radical (unpaired) electrons. The monoisotopic (exact) mass is 455 g/mol. The standard InChI is InChI=1S/C20H23ClFN3O4S/c1-14(13-29-17-6-3-2-5-16(17)22)24-20(26)15-8-11-25(12-9-15)30(27,28)18-7-4-10-23-19(18)21/h2-7,10,14-15H,8-9,11-13H2,1H3,(H,24,26). The molecule has 1 aliphatic heterocycles. The Kier molecular flexibility index (Phi) is 7.27. The van der Waals surface area contributed by atoms with Gasteiger partial charge in [0.05, 0.1) is 6.04 Å². The van der Waals surface area contributed by atoms with E-state index >= 15 is 0 Å². The van der Waals surface area contributed by atoms with Crippen LogP contribution >= 0.6 is 11.6 Å². The van der Waals surface area contributed by atoms with Gasteiger partial charge in [-0.2, -0.15) is 4.31 Å². The van der Waals surface area contributed by atoms with Crippen LogP contribution in [0.5, 0.6) is 5.75 Å². The number of hydrogen-bond acceptors (Lipinski definition) is 5. The van der Waals surface area contributed by atoms with E-state index in [9.17, 15) is 17.6 Å². The van der Waals surface area contributed by atoms with Gasteiger partial charge in [-0.1, -0.05) is 23.7 Å². The van der Waals surface area contributed by atoms with Crippen molar-refractivity contribution in [1.82, 2.24) is 14.6 Å². The predicted molar refractivity (Wildman–Crippen MR) is 110 cm³/mol. The van der Waals surface area contributed by atoms with E-state index in [1.165, 1.54) is 34.8 Å². The molecule has 1 saturated heterocycles. The number of nitrogens with zero attached hydrogens (tertiary/aromatic N) is 2. The molecule has 1 aliphatic rings. The number of sulfonamides is 1. The SMILES string of the molecule is CC(COc1ccccc1F)NC(=O)C1CCN(S(=O)(=O)c2cccnc2Cl)CC1. The van der Waals surface area contributed by atoms with Crippen LogP contribution < -0.4 is 10.1 Å². The highest BCUT2D eigenvalue weighted by atomic mass is 35.5. The number of carbonyl (C=O) groups excluding carboxylic acids is 1. The molecule has 1 fully saturated rings. The van der Waals surface area contributed by atoms with Gasteiger partial charge in [-0.3, -0.25) is 4.79 Å². The molecule has 1 atom stereocenters. The Bertz CT molecular complexity index is 997. The van der Waals surface area contributed by atoms with Crippen molar-refractivity contribution in [3.8, 4) is 5.75 Å². The molecule has 1 aromatic heterocycles. The van der Waals surface area contributed by atoms with Crippen LogP contribution in [0.1, 0.15) is 19.8 Å². The maximum atomic E-state index is 13.6. The molecule has 1 unspecified atom stereocenters. The van der Waals surface area contributed by atoms with Gasteiger partial charge in [-0.05, 0) is 44.0 Å². The zero-order chi connectivity index (χ0) is 21.7. The largest absolute Gasteiger partial charge is 0.488 e. The number of pyridine rings is 1. The summed E-state index contributed by atoms with van der Waals surface area (Å²) in [7, 11) is -3.76. The minimum Gasteiger partial charge on any atom is -0.488 e. The first-order chi connectivity index (χ1) is 14.3. The van der Waals surface area contributed by atoms with E-state index in [2.05, 4.69) is 10.3 Å². The number of hydrogen-bond donors (Lipinski definition) is 1. The van der Waals surface area contributed by atoms with Crippen molar-refractivity contribution in [2.45, 2.75) is 30.7 Å². The summed E-state index contributed by atoms with van der Waals surface area (Å²) >= 11 is 5.93. The number of piperidine rings is 1. The van der Waals surface area contributed by atoms with Crippen molar-refractivity contribution < 1.29 is 22.3 Å². The minimum absolute atomic E-state index is 0.0338. The zero-order valence-corrected chi connectivity index (χ0v) is 18.0. The number of amides is 1. The number of para-hydroxylation sites is 1. The van der Waals surface area contributed by atoms with Crippen LogP contribution in [0.2, 0.25) is 5.15 Å². The molecule has 0 spiro atoms. The molecule has 10 heteroatoms. The lowest BCUT2D eigenvalue weighted by molar-refractivity contribution is -0.126. The van der Waals surface area contributed by atoms with Gasteiger partial charge in [-0.15, -0.1) is 0 Å². The third-order valence-corrected chi connectivity index (χ3v) is 7.23. The van der Waals surface area contributed by atoms with Crippen molar-refractivity contribution >= 4 is 27.5 Å². The third-order valence-electron chi connectivity index (χ3n) is 4.88. The first-order valence-electron chi connectivity index (χ1n) is 9.57. The highest BCUT2D eigenvalue weighted by Crippen LogP contribution is 2.27. The normalized spacial score (nSPS) is 16.8. The molecule has 30 heavy (non-hydrogen) atoms. The van der Waals surface area contributed by atoms with Gasteiger partial charge < -0.3 is 10.1 Å². The number of carbonyl (C=O) groups is 1. The van der Waals surface area contributed by atoms with E-state index in [1.807, 2.05) is 0 Å². The fraction of sp³-hybridized carbons (Fsp3) is 0.400. The van der Waals surface area contributed by atoms with E-state index in [-0.39, 0.29) is 53.4 Å². The van der Waals surface area contributed by atoms with Crippen molar-refractivity contribution in [2.75, 3.05) is 19.7 Å². The van der Waals surface area contributed by atoms with E-state index in [1.54, 1.807) is 19.1 Å². The van der Waals surface area contributed by atoms with Crippen molar-refractivity contribution in [3.63, 3.8) is 0 Å². The van der Waals surface area contributed by atoms with Crippen molar-refractivity contribution in [3.05, 3.63) is 53.6 Å². The highest BCUT2D eigenvalue weighted by Gasteiger charge is 2.33. The average molecular weight is 456 g/mol. The average Bonchev–Trinajstić information content (AvgIpc) is 2.73. The second-order valence-corrected chi connectivity index (χ2v) is 9.39. The zero-order valence-electron chi connectivity index (χ0n) is 16.4. The summed E-state index contributed by atoms with van der Waals surface area (Å²) < 4.78 is 45.9. The number of halogens is 2. The van der Waals surface area contributed by atoms with E-state index in [4.69, 9.17) is 16.3 Å². The van der Waals surface area contributed by atoms with Crippen LogP contribution in [0.3, 0.4) is 0 Å². The number of ether oxygens (including phenoxy) is 1. The molecule has 0 bridgehead atoms. The van der Waals surface area contributed by atoms with Crippen LogP contribution in [-0.4, -0.2) is 49.4 Å². The minimum atomic E-state index is -3.76. The maximum absolute atomic E-state index is 13.6. The van der Waals surface area contributed by atoms with Crippen molar-refractivity contribution in [2.24, 2.45) is 5.92 Å². The molecule has 1 aromatic carbocycles. The Morgan fingerprint density at radius 1 is 1.30 bits per heavy atom. The summed E-state index contributed by atoms with van der Waals surface area (Å²) in [5.41, 5.74) is 0. The van der Waals surface area contributed by atoms with Gasteiger partial charge in [0.25, 0.3) is 0 Å². The quantitative estimate of drug-likeness (QED) is 0.648. The molecule has 2 heterocycles. The molecular weight excluding hydrogens is 433 g/mol. The smallest absolute Gasteiger partial charge is 0.246 e. The van der Waals surface area contributed by atoms with Crippen LogP contribution in [0.4, 0.5) is 4.39 Å². The number of aromatic nitrogens is 1. The molecule has 0 aliphatic carbocycles. The Hall–Kier alpha value is -2.23. The molecule has 1 N–H and O–H groups in total. The lowest BCUT2D eigenvalue weighted by Gasteiger charge is -2.31. The van der Waals surface area contributed by atoms with Gasteiger partial charge in [0.2, 0.25) is 15.9 Å². The summed E-state index contributed by atoms with van der Waals surface area (Å²) in [5, 5.41) is 2.78. The van der Waals surface area contributed by atoms with Crippen LogP contribution in [-0.2, 0) is 14.8 Å². The van der Waals surface area contributed by atoms with E-state index in [0.717, 1.165) is 0 Å². The fourth-order valence-electron chi connectivity index (χ4n) is 3.24. The molecule has 3 rings (SSSR count). The Morgan fingerprint density at radius 3 is 2.67 bits per heavy atom. The first kappa shape index (κ1) is 22.5. The summed E-state index contributed by atoms with van der Waals surface area (Å²) in [6.45, 7) is 2.32. The maximum Gasteiger partial charge on any atom is 0.246 e. The van der Waals surface area contributed by atoms with Crippen LogP contribution in [0.15, 0.2) is 47.5 Å². The lowest BCUT2D eigenvalue weighted by atomic mass is 9.97. The summed E-state index contributed by atoms with van der Waals surface area (Å²) in [4.78, 5) is 16.3. The van der Waals surface area contributed by atoms with E-state index in [0.29, 0.717) is 12.8 Å². The lowest BCUT2D eigenvalue weighted by Crippen LogP contribution is -2.46. The number of nitrogens with one attached hydrogen (secondary N) is 1. The van der Waals surface area contributed by atoms with Gasteiger partial charge in [0.15, 0.2) is 11.6 Å². The Morgan fingerprint density at radius 2 is 2.00 bits per heavy atom. The molecule has 162 valence electrons. The third kappa shape index (κ3) is 5.27. The van der Waals surface area contributed by atoms with Crippen LogP contribution in [0, 0.1) is 11.7 Å². The topological polar surface area (TPSA) is 88.6 Å². The number of benzene rings is 1. The first-order valence-corrected chi connectivity index (χ1v) is 11.4. The van der Waals surface area contributed by atoms with Gasteiger partial charge in [-0.25, -0.2) is 17.8 Å². The van der Waals surface area contributed by atoms with Gasteiger partial charge in [0.1, 0.15) is 16.7 Å². The second-order valence-electron chi connectivity index (χ2n) is 7.12. The fourth-order valence-corrected chi connectivity index (χ4v) is 5.14. The van der Waals surface area contributed by atoms with Crippen molar-refractivity contribution in [1.29, 1.82) is 0 Å². The molecule has 1 amide bonds. The predicted octanol–water partition coefficient (Wildman–Crippen LogP) is 2.86. The summed E-state index contributed by atoms with van der Waals surface area (Å²) in [6.07, 6.45) is 2.21. The summed E-state index contributed by atoms with van der Waals surface area (Å²) in [5.74, 6) is -0.808. The Balaban J connectivity index is 1.50. The van der Waals surface area contributed by atoms with Crippen LogP contribution in [0.25, 0.3) is 0 Å².